The standard InChI is InChI=1S/C15H30N2/c1-5-7-14-12-17(10-9-13(3)4)15(8-6-2)11-16-14/h9,14-16H,5-8,10-12H2,1-4H3. The molecule has 2 nitrogen and oxygen atoms in total. The summed E-state index contributed by atoms with van der Waals surface area (Å²) >= 11 is 0. The Kier molecular flexibility index (Phi) is 6.83. The second-order valence-electron chi connectivity index (χ2n) is 5.57. The summed E-state index contributed by atoms with van der Waals surface area (Å²) in [5.41, 5.74) is 1.44. The van der Waals surface area contributed by atoms with Crippen LogP contribution in [0.5, 0.6) is 0 Å². The van der Waals surface area contributed by atoms with Crippen LogP contribution in [0.15, 0.2) is 11.6 Å². The minimum Gasteiger partial charge on any atom is -0.311 e. The van der Waals surface area contributed by atoms with Gasteiger partial charge in [-0.1, -0.05) is 38.3 Å². The molecule has 1 N–H and O–H groups in total. The largest absolute Gasteiger partial charge is 0.311 e. The molecule has 2 unspecified atom stereocenters. The highest BCUT2D eigenvalue weighted by molar-refractivity contribution is 4.97. The van der Waals surface area contributed by atoms with E-state index in [1.807, 2.05) is 0 Å². The van der Waals surface area contributed by atoms with Crippen molar-refractivity contribution >= 4 is 0 Å². The maximum atomic E-state index is 3.71. The predicted octanol–water partition coefficient (Wildman–Crippen LogP) is 3.20. The molecular weight excluding hydrogens is 208 g/mol. The van der Waals surface area contributed by atoms with Crippen molar-refractivity contribution in [2.75, 3.05) is 19.6 Å². The van der Waals surface area contributed by atoms with E-state index in [4.69, 9.17) is 0 Å². The van der Waals surface area contributed by atoms with Crippen LogP contribution in [-0.4, -0.2) is 36.6 Å². The van der Waals surface area contributed by atoms with E-state index in [-0.39, 0.29) is 0 Å². The quantitative estimate of drug-likeness (QED) is 0.715. The first-order valence-electron chi connectivity index (χ1n) is 7.28. The van der Waals surface area contributed by atoms with Crippen LogP contribution >= 0.6 is 0 Å². The summed E-state index contributed by atoms with van der Waals surface area (Å²) in [6, 6.07) is 1.45. The third-order valence-corrected chi connectivity index (χ3v) is 3.61. The van der Waals surface area contributed by atoms with Gasteiger partial charge in [-0.3, -0.25) is 4.90 Å². The van der Waals surface area contributed by atoms with Gasteiger partial charge in [0.25, 0.3) is 0 Å². The number of rotatable bonds is 6. The average molecular weight is 238 g/mol. The fraction of sp³-hybridized carbons (Fsp3) is 0.867. The highest BCUT2D eigenvalue weighted by Gasteiger charge is 2.25. The molecule has 1 heterocycles. The van der Waals surface area contributed by atoms with Crippen LogP contribution in [-0.2, 0) is 0 Å². The van der Waals surface area contributed by atoms with Gasteiger partial charge in [0.2, 0.25) is 0 Å². The minimum atomic E-state index is 0.707. The van der Waals surface area contributed by atoms with E-state index in [0.29, 0.717) is 6.04 Å². The second kappa shape index (κ2) is 7.88. The molecule has 17 heavy (non-hydrogen) atoms. The predicted molar refractivity (Wildman–Crippen MR) is 76.4 cm³/mol. The van der Waals surface area contributed by atoms with Gasteiger partial charge in [-0.15, -0.1) is 0 Å². The van der Waals surface area contributed by atoms with Crippen molar-refractivity contribution in [2.45, 2.75) is 65.5 Å². The Morgan fingerprint density at radius 3 is 2.53 bits per heavy atom. The molecule has 0 aromatic carbocycles. The molecule has 0 aliphatic carbocycles. The Balaban J connectivity index is 2.52. The van der Waals surface area contributed by atoms with Crippen LogP contribution in [0.3, 0.4) is 0 Å². The first-order valence-corrected chi connectivity index (χ1v) is 7.28. The molecule has 0 amide bonds. The Labute approximate surface area is 107 Å². The zero-order valence-electron chi connectivity index (χ0n) is 12.1. The second-order valence-corrected chi connectivity index (χ2v) is 5.57. The maximum Gasteiger partial charge on any atom is 0.0224 e. The van der Waals surface area contributed by atoms with Gasteiger partial charge in [-0.25, -0.2) is 0 Å². The molecule has 1 saturated heterocycles. The van der Waals surface area contributed by atoms with E-state index in [9.17, 15) is 0 Å². The Bertz CT molecular complexity index is 231. The number of allylic oxidation sites excluding steroid dienone is 1. The normalized spacial score (nSPS) is 25.9. The molecule has 1 aliphatic heterocycles. The summed E-state index contributed by atoms with van der Waals surface area (Å²) in [5, 5.41) is 3.71. The number of piperazine rings is 1. The number of nitrogens with zero attached hydrogens (tertiary/aromatic N) is 1. The molecule has 0 saturated carbocycles. The molecular formula is C15H30N2. The summed E-state index contributed by atoms with van der Waals surface area (Å²) in [5.74, 6) is 0. The summed E-state index contributed by atoms with van der Waals surface area (Å²) in [4.78, 5) is 2.67. The van der Waals surface area contributed by atoms with E-state index in [1.54, 1.807) is 0 Å². The third-order valence-electron chi connectivity index (χ3n) is 3.61. The lowest BCUT2D eigenvalue weighted by molar-refractivity contribution is 0.133. The lowest BCUT2D eigenvalue weighted by atomic mass is 10.0. The molecule has 0 aromatic rings. The van der Waals surface area contributed by atoms with Crippen molar-refractivity contribution < 1.29 is 0 Å². The first-order chi connectivity index (χ1) is 8.17. The van der Waals surface area contributed by atoms with Gasteiger partial charge in [-0.05, 0) is 26.7 Å². The van der Waals surface area contributed by atoms with Crippen molar-refractivity contribution in [3.8, 4) is 0 Å². The molecule has 1 aliphatic rings. The van der Waals surface area contributed by atoms with Gasteiger partial charge in [0, 0.05) is 31.7 Å². The third kappa shape index (κ3) is 5.22. The highest BCUT2D eigenvalue weighted by Crippen LogP contribution is 2.14. The van der Waals surface area contributed by atoms with E-state index in [2.05, 4.69) is 44.0 Å². The lowest BCUT2D eigenvalue weighted by Crippen LogP contribution is -2.56. The van der Waals surface area contributed by atoms with Gasteiger partial charge in [0.1, 0.15) is 0 Å². The number of nitrogens with one attached hydrogen (secondary N) is 1. The summed E-state index contributed by atoms with van der Waals surface area (Å²) in [6.45, 7) is 12.5. The van der Waals surface area contributed by atoms with Crippen LogP contribution in [0.25, 0.3) is 0 Å². The molecule has 100 valence electrons. The van der Waals surface area contributed by atoms with Gasteiger partial charge in [0.05, 0.1) is 0 Å². The fourth-order valence-corrected chi connectivity index (χ4v) is 2.61. The topological polar surface area (TPSA) is 15.3 Å². The van der Waals surface area contributed by atoms with Crippen molar-refractivity contribution in [3.63, 3.8) is 0 Å². The van der Waals surface area contributed by atoms with Gasteiger partial charge < -0.3 is 5.32 Å². The zero-order valence-corrected chi connectivity index (χ0v) is 12.1. The summed E-state index contributed by atoms with van der Waals surface area (Å²) < 4.78 is 0. The van der Waals surface area contributed by atoms with Crippen molar-refractivity contribution in [1.82, 2.24) is 10.2 Å². The van der Waals surface area contributed by atoms with Crippen LogP contribution in [0.1, 0.15) is 53.4 Å². The maximum absolute atomic E-state index is 3.71. The van der Waals surface area contributed by atoms with E-state index in [0.717, 1.165) is 12.6 Å². The minimum absolute atomic E-state index is 0.707. The molecule has 2 heteroatoms. The Hall–Kier alpha value is -0.340. The summed E-state index contributed by atoms with van der Waals surface area (Å²) in [7, 11) is 0. The molecule has 0 spiro atoms. The smallest absolute Gasteiger partial charge is 0.0224 e. The van der Waals surface area contributed by atoms with Crippen LogP contribution in [0.2, 0.25) is 0 Å². The van der Waals surface area contributed by atoms with Gasteiger partial charge in [-0.2, -0.15) is 0 Å². The van der Waals surface area contributed by atoms with Crippen molar-refractivity contribution in [3.05, 3.63) is 11.6 Å². The summed E-state index contributed by atoms with van der Waals surface area (Å²) in [6.07, 6.45) is 7.58. The van der Waals surface area contributed by atoms with Gasteiger partial charge >= 0.3 is 0 Å². The molecule has 0 radical (unpaired) electrons. The van der Waals surface area contributed by atoms with Crippen LogP contribution < -0.4 is 5.32 Å². The van der Waals surface area contributed by atoms with Crippen LogP contribution in [0.4, 0.5) is 0 Å². The lowest BCUT2D eigenvalue weighted by Gasteiger charge is -2.40. The first kappa shape index (κ1) is 14.7. The molecule has 2 atom stereocenters. The van der Waals surface area contributed by atoms with E-state index >= 15 is 0 Å². The number of hydrogen-bond donors (Lipinski definition) is 1. The van der Waals surface area contributed by atoms with Gasteiger partial charge in [0.15, 0.2) is 0 Å². The molecule has 0 aromatic heterocycles. The monoisotopic (exact) mass is 238 g/mol. The Morgan fingerprint density at radius 1 is 1.24 bits per heavy atom. The highest BCUT2D eigenvalue weighted by atomic mass is 15.2. The van der Waals surface area contributed by atoms with Crippen molar-refractivity contribution in [1.29, 1.82) is 0 Å². The van der Waals surface area contributed by atoms with E-state index in [1.165, 1.54) is 44.3 Å². The fourth-order valence-electron chi connectivity index (χ4n) is 2.61. The SMILES string of the molecule is CCCC1CN(CC=C(C)C)C(CCC)CN1. The molecule has 1 fully saturated rings. The molecule has 0 bridgehead atoms. The average Bonchev–Trinajstić information content (AvgIpc) is 2.29. The Morgan fingerprint density at radius 2 is 1.94 bits per heavy atom. The van der Waals surface area contributed by atoms with Crippen molar-refractivity contribution in [2.24, 2.45) is 0 Å². The number of hydrogen-bond acceptors (Lipinski definition) is 2. The zero-order chi connectivity index (χ0) is 12.7. The van der Waals surface area contributed by atoms with E-state index < -0.39 is 0 Å². The molecule has 1 rings (SSSR count). The van der Waals surface area contributed by atoms with Crippen LogP contribution in [0, 0.1) is 0 Å².